The molecule has 0 spiro atoms. The number of piperidine rings is 2. The zero-order chi connectivity index (χ0) is 40.9. The molecule has 17 heteroatoms. The fourth-order valence-corrected chi connectivity index (χ4v) is 9.46. The van der Waals surface area contributed by atoms with Gasteiger partial charge in [-0.3, -0.25) is 44.0 Å². The Bertz CT molecular complexity index is 2330. The van der Waals surface area contributed by atoms with E-state index in [1.165, 1.54) is 6.07 Å². The molecule has 4 fully saturated rings. The van der Waals surface area contributed by atoms with E-state index in [4.69, 9.17) is 9.97 Å². The SMILES string of the molecule is CN(C)C(=O)c1cc2cnc(Nc3ccc(N4CCC(N5CCN(Cc6ccc7c(c6F)C(=O)N(C6CCC(=O)NC6=O)C7=O)CC5)CC4)cn3)nc2n1C1CCCC1. The number of piperazine rings is 1. The second-order valence-electron chi connectivity index (χ2n) is 16.5. The van der Waals surface area contributed by atoms with Crippen molar-refractivity contribution >= 4 is 58.0 Å². The number of imide groups is 2. The number of fused-ring (bicyclic) bond motifs is 2. The van der Waals surface area contributed by atoms with Crippen molar-refractivity contribution in [2.45, 2.75) is 76.0 Å². The van der Waals surface area contributed by atoms with E-state index < -0.39 is 35.5 Å². The fourth-order valence-electron chi connectivity index (χ4n) is 9.46. The topological polar surface area (TPSA) is 169 Å². The number of nitrogens with zero attached hydrogens (tertiary/aromatic N) is 9. The summed E-state index contributed by atoms with van der Waals surface area (Å²) in [6.45, 7) is 5.25. The van der Waals surface area contributed by atoms with Crippen LogP contribution in [0.15, 0.2) is 42.7 Å². The number of rotatable bonds is 9. The van der Waals surface area contributed by atoms with Gasteiger partial charge in [0.25, 0.3) is 17.7 Å². The molecule has 5 amide bonds. The number of halogens is 1. The first-order chi connectivity index (χ1) is 28.5. The van der Waals surface area contributed by atoms with Crippen LogP contribution >= 0.6 is 0 Å². The Morgan fingerprint density at radius 3 is 2.34 bits per heavy atom. The molecule has 2 N–H and O–H groups in total. The molecule has 1 saturated carbocycles. The molecule has 1 aliphatic carbocycles. The van der Waals surface area contributed by atoms with Crippen molar-refractivity contribution in [3.05, 3.63) is 70.9 Å². The van der Waals surface area contributed by atoms with Crippen molar-refractivity contribution in [2.75, 3.05) is 63.6 Å². The molecule has 16 nitrogen and oxygen atoms in total. The van der Waals surface area contributed by atoms with Gasteiger partial charge >= 0.3 is 0 Å². The van der Waals surface area contributed by atoms with Crippen LogP contribution in [-0.2, 0) is 16.1 Å². The van der Waals surface area contributed by atoms with E-state index in [9.17, 15) is 24.0 Å². The number of nitrogens with one attached hydrogen (secondary N) is 2. The van der Waals surface area contributed by atoms with Crippen LogP contribution in [0.5, 0.6) is 0 Å². The van der Waals surface area contributed by atoms with Gasteiger partial charge in [-0.1, -0.05) is 18.9 Å². The van der Waals surface area contributed by atoms with Gasteiger partial charge in [-0.15, -0.1) is 0 Å². The number of pyridine rings is 1. The van der Waals surface area contributed by atoms with Crippen LogP contribution in [-0.4, -0.2) is 134 Å². The number of carbonyl (C=O) groups excluding carboxylic acids is 5. The van der Waals surface area contributed by atoms with Crippen molar-refractivity contribution < 1.29 is 28.4 Å². The molecule has 1 unspecified atom stereocenters. The number of anilines is 3. The summed E-state index contributed by atoms with van der Waals surface area (Å²) < 4.78 is 18.0. The lowest BCUT2D eigenvalue weighted by Crippen LogP contribution is -2.54. The standard InChI is InChI=1S/C42H48FN11O5/c1-49(2)40(58)32-21-26-22-45-42(48-37(26)53(32)28-5-3-4-6-28)46-33-11-8-29(23-44-33)51-15-13-27(14-16-51)52-19-17-50(18-20-52)24-25-7-9-30-35(36(25)43)41(59)54(39(30)57)31-10-12-34(55)47-38(31)56/h7-9,11,21-23,27-28,31H,3-6,10,12-20,24H2,1-2H3,(H,47,55,56)(H,44,45,46,48). The average Bonchev–Trinajstić information content (AvgIpc) is 3.96. The van der Waals surface area contributed by atoms with Gasteiger partial charge in [0.1, 0.15) is 29.0 Å². The van der Waals surface area contributed by atoms with Crippen molar-refractivity contribution in [1.29, 1.82) is 0 Å². The molecule has 1 atom stereocenters. The molecule has 0 radical (unpaired) electrons. The van der Waals surface area contributed by atoms with Crippen LogP contribution in [0.1, 0.15) is 94.2 Å². The zero-order valence-corrected chi connectivity index (χ0v) is 33.3. The molecule has 1 aromatic carbocycles. The monoisotopic (exact) mass is 805 g/mol. The largest absolute Gasteiger partial charge is 0.370 e. The molecular weight excluding hydrogens is 758 g/mol. The van der Waals surface area contributed by atoms with E-state index in [2.05, 4.69) is 41.0 Å². The van der Waals surface area contributed by atoms with Crippen LogP contribution < -0.4 is 15.5 Å². The van der Waals surface area contributed by atoms with Gasteiger partial charge in [-0.05, 0) is 56.4 Å². The number of carbonyl (C=O) groups is 5. The predicted octanol–water partition coefficient (Wildman–Crippen LogP) is 3.71. The molecule has 0 bridgehead atoms. The van der Waals surface area contributed by atoms with E-state index in [-0.39, 0.29) is 35.9 Å². The Morgan fingerprint density at radius 2 is 1.64 bits per heavy atom. The normalized spacial score (nSPS) is 21.1. The van der Waals surface area contributed by atoms with Crippen molar-refractivity contribution in [1.82, 2.24) is 44.4 Å². The summed E-state index contributed by atoms with van der Waals surface area (Å²) in [6, 6.07) is 8.47. The number of amides is 5. The highest BCUT2D eigenvalue weighted by atomic mass is 19.1. The smallest absolute Gasteiger partial charge is 0.270 e. The van der Waals surface area contributed by atoms with Gasteiger partial charge in [0.05, 0.1) is 23.0 Å². The Labute approximate surface area is 340 Å². The summed E-state index contributed by atoms with van der Waals surface area (Å²) in [5.41, 5.74) is 2.43. The van der Waals surface area contributed by atoms with Gasteiger partial charge in [0.2, 0.25) is 17.8 Å². The fraction of sp³-hybridized carbons (Fsp3) is 0.476. The molecule has 4 aliphatic heterocycles. The molecule has 4 aromatic rings. The van der Waals surface area contributed by atoms with Crippen LogP contribution in [0, 0.1) is 5.82 Å². The summed E-state index contributed by atoms with van der Waals surface area (Å²) >= 11 is 0. The lowest BCUT2D eigenvalue weighted by atomic mass is 10.0. The van der Waals surface area contributed by atoms with Crippen molar-refractivity contribution in [3.8, 4) is 0 Å². The third-order valence-corrected chi connectivity index (χ3v) is 12.7. The summed E-state index contributed by atoms with van der Waals surface area (Å²) in [5.74, 6) is -2.42. The quantitative estimate of drug-likeness (QED) is 0.236. The molecule has 59 heavy (non-hydrogen) atoms. The summed E-state index contributed by atoms with van der Waals surface area (Å²) in [7, 11) is 3.54. The number of hydrogen-bond acceptors (Lipinski definition) is 12. The molecule has 3 aromatic heterocycles. The molecular formula is C42H48FN11O5. The Morgan fingerprint density at radius 1 is 0.881 bits per heavy atom. The zero-order valence-electron chi connectivity index (χ0n) is 33.3. The van der Waals surface area contributed by atoms with E-state index in [1.54, 1.807) is 31.3 Å². The number of aromatic nitrogens is 4. The molecule has 5 aliphatic rings. The molecule has 3 saturated heterocycles. The summed E-state index contributed by atoms with van der Waals surface area (Å²) in [6.07, 6.45) is 10.00. The Hall–Kier alpha value is -5.81. The van der Waals surface area contributed by atoms with Crippen LogP contribution in [0.25, 0.3) is 11.0 Å². The third kappa shape index (κ3) is 7.30. The third-order valence-electron chi connectivity index (χ3n) is 12.7. The summed E-state index contributed by atoms with van der Waals surface area (Å²) in [4.78, 5) is 87.0. The summed E-state index contributed by atoms with van der Waals surface area (Å²) in [5, 5.41) is 6.27. The second-order valence-corrected chi connectivity index (χ2v) is 16.5. The molecule has 9 rings (SSSR count). The van der Waals surface area contributed by atoms with Crippen LogP contribution in [0.2, 0.25) is 0 Å². The Kier molecular flexibility index (Phi) is 10.3. The van der Waals surface area contributed by atoms with Gasteiger partial charge < -0.3 is 19.7 Å². The van der Waals surface area contributed by atoms with Crippen LogP contribution in [0.4, 0.5) is 21.8 Å². The van der Waals surface area contributed by atoms with E-state index in [0.717, 1.165) is 99.4 Å². The van der Waals surface area contributed by atoms with Crippen LogP contribution in [0.3, 0.4) is 0 Å². The highest BCUT2D eigenvalue weighted by Gasteiger charge is 2.46. The minimum absolute atomic E-state index is 0.00294. The average molecular weight is 806 g/mol. The maximum atomic E-state index is 15.9. The lowest BCUT2D eigenvalue weighted by Gasteiger charge is -2.43. The van der Waals surface area contributed by atoms with Crippen molar-refractivity contribution in [3.63, 3.8) is 0 Å². The minimum atomic E-state index is -1.14. The lowest BCUT2D eigenvalue weighted by molar-refractivity contribution is -0.136. The first kappa shape index (κ1) is 38.7. The Balaban J connectivity index is 0.773. The maximum Gasteiger partial charge on any atom is 0.270 e. The van der Waals surface area contributed by atoms with E-state index in [0.29, 0.717) is 35.6 Å². The first-order valence-electron chi connectivity index (χ1n) is 20.6. The number of benzene rings is 1. The predicted molar refractivity (Wildman–Crippen MR) is 216 cm³/mol. The second kappa shape index (κ2) is 15.7. The highest BCUT2D eigenvalue weighted by molar-refractivity contribution is 6.23. The van der Waals surface area contributed by atoms with E-state index in [1.807, 2.05) is 18.3 Å². The maximum absolute atomic E-state index is 15.9. The van der Waals surface area contributed by atoms with Gasteiger partial charge in [-0.2, -0.15) is 4.98 Å². The van der Waals surface area contributed by atoms with Crippen molar-refractivity contribution in [2.24, 2.45) is 0 Å². The van der Waals surface area contributed by atoms with Gasteiger partial charge in [0.15, 0.2) is 0 Å². The van der Waals surface area contributed by atoms with E-state index >= 15 is 4.39 Å². The molecule has 7 heterocycles. The highest BCUT2D eigenvalue weighted by Crippen LogP contribution is 2.36. The van der Waals surface area contributed by atoms with Gasteiger partial charge in [-0.25, -0.2) is 14.4 Å². The first-order valence-corrected chi connectivity index (χ1v) is 20.6. The number of hydrogen-bond donors (Lipinski definition) is 2. The molecule has 308 valence electrons. The van der Waals surface area contributed by atoms with Gasteiger partial charge in [0, 0.05) is 95.6 Å². The minimum Gasteiger partial charge on any atom is -0.370 e.